The van der Waals surface area contributed by atoms with Gasteiger partial charge in [0.1, 0.15) is 0 Å². The molecule has 0 atom stereocenters. The van der Waals surface area contributed by atoms with Crippen LogP contribution in [0, 0.1) is 0 Å². The van der Waals surface area contributed by atoms with Crippen molar-refractivity contribution < 1.29 is 0 Å². The third-order valence-electron chi connectivity index (χ3n) is 8.53. The van der Waals surface area contributed by atoms with Crippen LogP contribution in [0.3, 0.4) is 0 Å². The van der Waals surface area contributed by atoms with E-state index < -0.39 is 0 Å². The van der Waals surface area contributed by atoms with E-state index in [0.717, 1.165) is 63.9 Å². The molecular formula is C39H24Br2N6. The van der Waals surface area contributed by atoms with Gasteiger partial charge < -0.3 is 0 Å². The van der Waals surface area contributed by atoms with E-state index in [4.69, 9.17) is 15.0 Å². The van der Waals surface area contributed by atoms with Gasteiger partial charge in [-0.05, 0) is 72.8 Å². The predicted octanol–water partition coefficient (Wildman–Crippen LogP) is 11.1. The van der Waals surface area contributed by atoms with Crippen molar-refractivity contribution in [2.45, 2.75) is 0 Å². The molecule has 3 aromatic heterocycles. The molecule has 0 radical (unpaired) electrons. The molecule has 6 nitrogen and oxygen atoms in total. The molecule has 0 N–H and O–H groups in total. The predicted molar refractivity (Wildman–Crippen MR) is 199 cm³/mol. The van der Waals surface area contributed by atoms with Gasteiger partial charge in [0.15, 0.2) is 0 Å². The zero-order valence-corrected chi connectivity index (χ0v) is 28.0. The molecule has 6 aromatic carbocycles. The SMILES string of the molecule is Brc1ccc(N(c2ccc(Br)cc2)c2nc(-n3c4ccccc4c4ccccc43)nc(-n3c4ccccc4c4ccccc43)n2)cc1. The summed E-state index contributed by atoms with van der Waals surface area (Å²) in [5.74, 6) is 1.56. The Bertz CT molecular complexity index is 2320. The summed E-state index contributed by atoms with van der Waals surface area (Å²) >= 11 is 7.22. The fourth-order valence-corrected chi connectivity index (χ4v) is 7.01. The Labute approximate surface area is 286 Å². The Morgan fingerprint density at radius 2 is 0.702 bits per heavy atom. The van der Waals surface area contributed by atoms with Gasteiger partial charge in [0.05, 0.1) is 22.1 Å². The van der Waals surface area contributed by atoms with E-state index in [0.29, 0.717) is 17.8 Å². The van der Waals surface area contributed by atoms with Gasteiger partial charge in [0, 0.05) is 41.9 Å². The van der Waals surface area contributed by atoms with Crippen molar-refractivity contribution in [2.75, 3.05) is 4.90 Å². The van der Waals surface area contributed by atoms with Crippen LogP contribution in [0.25, 0.3) is 55.5 Å². The zero-order valence-electron chi connectivity index (χ0n) is 24.8. The van der Waals surface area contributed by atoms with Gasteiger partial charge in [-0.2, -0.15) is 15.0 Å². The maximum Gasteiger partial charge on any atom is 0.241 e. The van der Waals surface area contributed by atoms with Crippen molar-refractivity contribution in [1.29, 1.82) is 0 Å². The van der Waals surface area contributed by atoms with Crippen LogP contribution < -0.4 is 4.90 Å². The number of para-hydroxylation sites is 4. The molecule has 0 amide bonds. The lowest BCUT2D eigenvalue weighted by atomic mass is 10.2. The molecule has 0 aliphatic carbocycles. The first kappa shape index (κ1) is 28.0. The van der Waals surface area contributed by atoms with Crippen molar-refractivity contribution in [2.24, 2.45) is 0 Å². The molecule has 0 unspecified atom stereocenters. The van der Waals surface area contributed by atoms with E-state index in [9.17, 15) is 0 Å². The van der Waals surface area contributed by atoms with Crippen LogP contribution >= 0.6 is 31.9 Å². The van der Waals surface area contributed by atoms with E-state index in [2.05, 4.69) is 167 Å². The zero-order chi connectivity index (χ0) is 31.5. The monoisotopic (exact) mass is 734 g/mol. The van der Waals surface area contributed by atoms with Gasteiger partial charge in [-0.3, -0.25) is 14.0 Å². The summed E-state index contributed by atoms with van der Waals surface area (Å²) in [5.41, 5.74) is 5.94. The minimum atomic E-state index is 0.498. The van der Waals surface area contributed by atoms with Crippen LogP contribution in [0.2, 0.25) is 0 Å². The van der Waals surface area contributed by atoms with Crippen LogP contribution in [0.1, 0.15) is 0 Å². The highest BCUT2D eigenvalue weighted by Crippen LogP contribution is 2.37. The molecule has 47 heavy (non-hydrogen) atoms. The van der Waals surface area contributed by atoms with Crippen molar-refractivity contribution in [1.82, 2.24) is 24.1 Å². The summed E-state index contributed by atoms with van der Waals surface area (Å²) in [7, 11) is 0. The number of hydrogen-bond acceptors (Lipinski definition) is 4. The average Bonchev–Trinajstić information content (AvgIpc) is 3.63. The van der Waals surface area contributed by atoms with E-state index >= 15 is 0 Å². The molecule has 0 fully saturated rings. The Balaban J connectivity index is 1.41. The highest BCUT2D eigenvalue weighted by molar-refractivity contribution is 9.10. The number of aromatic nitrogens is 5. The molecule has 0 saturated heterocycles. The topological polar surface area (TPSA) is 51.8 Å². The first-order valence-corrected chi connectivity index (χ1v) is 16.8. The van der Waals surface area contributed by atoms with Crippen LogP contribution in [-0.2, 0) is 0 Å². The van der Waals surface area contributed by atoms with Crippen molar-refractivity contribution >= 4 is 92.8 Å². The number of nitrogens with zero attached hydrogens (tertiary/aromatic N) is 6. The third-order valence-corrected chi connectivity index (χ3v) is 9.59. The van der Waals surface area contributed by atoms with Crippen LogP contribution in [0.15, 0.2) is 155 Å². The largest absolute Gasteiger partial charge is 0.279 e. The molecule has 0 aliphatic heterocycles. The molecule has 0 spiro atoms. The normalized spacial score (nSPS) is 11.6. The lowest BCUT2D eigenvalue weighted by Gasteiger charge is -2.24. The maximum absolute atomic E-state index is 5.28. The fraction of sp³-hybridized carbons (Fsp3) is 0. The van der Waals surface area contributed by atoms with Crippen LogP contribution in [-0.4, -0.2) is 24.1 Å². The molecular weight excluding hydrogens is 712 g/mol. The van der Waals surface area contributed by atoms with Crippen molar-refractivity contribution in [3.05, 3.63) is 155 Å². The molecule has 224 valence electrons. The first-order valence-electron chi connectivity index (χ1n) is 15.2. The summed E-state index contributed by atoms with van der Waals surface area (Å²) in [6.07, 6.45) is 0. The minimum Gasteiger partial charge on any atom is -0.279 e. The molecule has 9 rings (SSSR count). The Hall–Kier alpha value is -5.31. The van der Waals surface area contributed by atoms with Crippen molar-refractivity contribution in [3.8, 4) is 11.9 Å². The Kier molecular flexibility index (Phi) is 6.65. The molecule has 0 saturated carbocycles. The van der Waals surface area contributed by atoms with Gasteiger partial charge in [0.2, 0.25) is 17.8 Å². The Morgan fingerprint density at radius 1 is 0.383 bits per heavy atom. The maximum atomic E-state index is 5.28. The number of benzene rings is 6. The number of hydrogen-bond donors (Lipinski definition) is 0. The van der Waals surface area contributed by atoms with E-state index in [-0.39, 0.29) is 0 Å². The highest BCUT2D eigenvalue weighted by Gasteiger charge is 2.23. The van der Waals surface area contributed by atoms with E-state index in [1.54, 1.807) is 0 Å². The van der Waals surface area contributed by atoms with Gasteiger partial charge in [-0.15, -0.1) is 0 Å². The van der Waals surface area contributed by atoms with Crippen LogP contribution in [0.4, 0.5) is 17.3 Å². The summed E-state index contributed by atoms with van der Waals surface area (Å²) in [5, 5.41) is 4.56. The minimum absolute atomic E-state index is 0.498. The molecule has 9 aromatic rings. The second kappa shape index (κ2) is 11.2. The number of anilines is 3. The second-order valence-corrected chi connectivity index (χ2v) is 13.1. The standard InChI is InChI=1S/C39H24Br2N6/c40-25-17-21-27(22-18-25)45(28-23-19-26(41)20-24-28)37-42-38(46-33-13-5-1-9-29(33)30-10-2-6-14-34(30)46)44-39(43-37)47-35-15-7-3-11-31(35)32-12-4-8-16-36(32)47/h1-24H. The van der Waals surface area contributed by atoms with Gasteiger partial charge in [-0.1, -0.05) is 105 Å². The third kappa shape index (κ3) is 4.63. The van der Waals surface area contributed by atoms with Gasteiger partial charge >= 0.3 is 0 Å². The van der Waals surface area contributed by atoms with Crippen LogP contribution in [0.5, 0.6) is 0 Å². The number of rotatable bonds is 5. The van der Waals surface area contributed by atoms with E-state index in [1.807, 2.05) is 24.3 Å². The molecule has 0 aliphatic rings. The summed E-state index contributed by atoms with van der Waals surface area (Å²) < 4.78 is 6.28. The van der Waals surface area contributed by atoms with Gasteiger partial charge in [0.25, 0.3) is 0 Å². The summed E-state index contributed by atoms with van der Waals surface area (Å²) in [4.78, 5) is 17.9. The fourth-order valence-electron chi connectivity index (χ4n) is 6.48. The Morgan fingerprint density at radius 3 is 1.04 bits per heavy atom. The molecule has 0 bridgehead atoms. The smallest absolute Gasteiger partial charge is 0.241 e. The highest BCUT2D eigenvalue weighted by atomic mass is 79.9. The summed E-state index contributed by atoms with van der Waals surface area (Å²) in [6, 6.07) is 50.0. The molecule has 3 heterocycles. The average molecular weight is 736 g/mol. The summed E-state index contributed by atoms with van der Waals surface area (Å²) in [6.45, 7) is 0. The van der Waals surface area contributed by atoms with E-state index in [1.165, 1.54) is 0 Å². The quantitative estimate of drug-likeness (QED) is 0.177. The molecule has 8 heteroatoms. The lowest BCUT2D eigenvalue weighted by molar-refractivity contribution is 0.878. The lowest BCUT2D eigenvalue weighted by Crippen LogP contribution is -2.18. The number of halogens is 2. The second-order valence-electron chi connectivity index (χ2n) is 11.3. The van der Waals surface area contributed by atoms with Crippen molar-refractivity contribution in [3.63, 3.8) is 0 Å². The number of fused-ring (bicyclic) bond motifs is 6. The van der Waals surface area contributed by atoms with Gasteiger partial charge in [-0.25, -0.2) is 0 Å². The first-order chi connectivity index (χ1) is 23.1.